The van der Waals surface area contributed by atoms with Gasteiger partial charge in [-0.3, -0.25) is 4.79 Å². The number of sulfone groups is 1. The third-order valence-electron chi connectivity index (χ3n) is 6.06. The van der Waals surface area contributed by atoms with E-state index in [0.29, 0.717) is 15.2 Å². The van der Waals surface area contributed by atoms with Crippen molar-refractivity contribution in [3.63, 3.8) is 0 Å². The molecule has 0 saturated carbocycles. The van der Waals surface area contributed by atoms with E-state index in [-0.39, 0.29) is 16.2 Å². The first kappa shape index (κ1) is 22.4. The zero-order valence-electron chi connectivity index (χ0n) is 19.2. The van der Waals surface area contributed by atoms with Crippen LogP contribution in [0.3, 0.4) is 0 Å². The maximum atomic E-state index is 13.3. The molecule has 3 aromatic carbocycles. The lowest BCUT2D eigenvalue weighted by atomic mass is 10.1. The molecule has 0 bridgehead atoms. The van der Waals surface area contributed by atoms with Crippen molar-refractivity contribution in [2.45, 2.75) is 11.8 Å². The Kier molecular flexibility index (Phi) is 5.31. The molecule has 0 unspecified atom stereocenters. The number of imidazole rings is 1. The Labute approximate surface area is 210 Å². The molecule has 9 heteroatoms. The summed E-state index contributed by atoms with van der Waals surface area (Å²) in [7, 11) is -3.31. The molecule has 0 saturated heterocycles. The molecule has 0 aliphatic rings. The second kappa shape index (κ2) is 8.54. The number of aromatic nitrogens is 4. The predicted molar refractivity (Wildman–Crippen MR) is 142 cm³/mol. The summed E-state index contributed by atoms with van der Waals surface area (Å²) in [6, 6.07) is 24.0. The first-order valence-corrected chi connectivity index (χ1v) is 13.8. The van der Waals surface area contributed by atoms with Gasteiger partial charge in [0.2, 0.25) is 0 Å². The Hall–Kier alpha value is -4.08. The fraction of sp³-hybridized carbons (Fsp3) is 0.0741. The van der Waals surface area contributed by atoms with Gasteiger partial charge in [-0.2, -0.15) is 5.10 Å². The molecule has 0 N–H and O–H groups in total. The summed E-state index contributed by atoms with van der Waals surface area (Å²) in [6.45, 7) is 1.62. The first-order valence-electron chi connectivity index (χ1n) is 11.3. The quantitative estimate of drug-likeness (QED) is 0.347. The van der Waals surface area contributed by atoms with E-state index in [1.54, 1.807) is 40.3 Å². The highest BCUT2D eigenvalue weighted by atomic mass is 32.2. The van der Waals surface area contributed by atoms with Crippen molar-refractivity contribution in [1.82, 2.24) is 19.2 Å². The summed E-state index contributed by atoms with van der Waals surface area (Å²) in [4.78, 5) is 18.8. The molecule has 0 atom stereocenters. The fourth-order valence-corrected chi connectivity index (χ4v) is 6.03. The van der Waals surface area contributed by atoms with Crippen molar-refractivity contribution < 1.29 is 8.42 Å². The van der Waals surface area contributed by atoms with Crippen LogP contribution in [0, 0.1) is 0 Å². The SMILES string of the molecule is CCS(=O)(=O)c1ccc(-c2nn(-c3ccccc3)cc2C=c2sc3nc4ccccc4n3c2=O)cc1. The molecule has 3 heterocycles. The number of rotatable bonds is 5. The maximum absolute atomic E-state index is 13.3. The van der Waals surface area contributed by atoms with Gasteiger partial charge in [-0.1, -0.05) is 60.7 Å². The van der Waals surface area contributed by atoms with E-state index in [0.717, 1.165) is 27.8 Å². The molecule has 0 radical (unpaired) electrons. The summed E-state index contributed by atoms with van der Waals surface area (Å²) in [5.41, 5.74) is 4.45. The molecule has 36 heavy (non-hydrogen) atoms. The van der Waals surface area contributed by atoms with E-state index >= 15 is 0 Å². The van der Waals surface area contributed by atoms with Gasteiger partial charge in [-0.15, -0.1) is 0 Å². The molecule has 0 aliphatic carbocycles. The average molecular weight is 513 g/mol. The van der Waals surface area contributed by atoms with E-state index in [2.05, 4.69) is 4.98 Å². The number of thiazole rings is 1. The van der Waals surface area contributed by atoms with Crippen molar-refractivity contribution >= 4 is 43.2 Å². The topological polar surface area (TPSA) is 86.3 Å². The zero-order valence-corrected chi connectivity index (χ0v) is 20.8. The van der Waals surface area contributed by atoms with Gasteiger partial charge in [0.05, 0.1) is 37.6 Å². The smallest absolute Gasteiger partial charge is 0.267 e. The zero-order chi connectivity index (χ0) is 24.9. The van der Waals surface area contributed by atoms with Crippen LogP contribution in [0.25, 0.3) is 39.0 Å². The van der Waals surface area contributed by atoms with Gasteiger partial charge in [0.25, 0.3) is 5.56 Å². The molecular formula is C27H20N4O3S2. The van der Waals surface area contributed by atoms with Crippen LogP contribution in [-0.4, -0.2) is 33.3 Å². The van der Waals surface area contributed by atoms with Gasteiger partial charge in [0, 0.05) is 17.3 Å². The number of hydrogen-bond acceptors (Lipinski definition) is 6. The second-order valence-corrected chi connectivity index (χ2v) is 11.6. The highest BCUT2D eigenvalue weighted by Crippen LogP contribution is 2.26. The monoisotopic (exact) mass is 512 g/mol. The van der Waals surface area contributed by atoms with Crippen LogP contribution in [0.4, 0.5) is 0 Å². The van der Waals surface area contributed by atoms with Crippen LogP contribution >= 0.6 is 11.3 Å². The number of hydrogen-bond donors (Lipinski definition) is 0. The molecule has 3 aromatic heterocycles. The highest BCUT2D eigenvalue weighted by Gasteiger charge is 2.16. The summed E-state index contributed by atoms with van der Waals surface area (Å²) in [6.07, 6.45) is 3.70. The van der Waals surface area contributed by atoms with Crippen molar-refractivity contribution in [3.8, 4) is 16.9 Å². The van der Waals surface area contributed by atoms with Gasteiger partial charge < -0.3 is 0 Å². The van der Waals surface area contributed by atoms with Crippen LogP contribution in [0.5, 0.6) is 0 Å². The summed E-state index contributed by atoms with van der Waals surface area (Å²) < 4.78 is 28.5. The van der Waals surface area contributed by atoms with Crippen molar-refractivity contribution in [3.05, 3.63) is 106 Å². The largest absolute Gasteiger partial charge is 0.274 e. The van der Waals surface area contributed by atoms with Crippen LogP contribution in [0.2, 0.25) is 0 Å². The average Bonchev–Trinajstić information content (AvgIpc) is 3.58. The third kappa shape index (κ3) is 3.73. The van der Waals surface area contributed by atoms with Crippen molar-refractivity contribution in [2.75, 3.05) is 5.75 Å². The third-order valence-corrected chi connectivity index (χ3v) is 8.78. The minimum absolute atomic E-state index is 0.0369. The minimum Gasteiger partial charge on any atom is -0.267 e. The maximum Gasteiger partial charge on any atom is 0.274 e. The molecule has 6 aromatic rings. The minimum atomic E-state index is -3.31. The van der Waals surface area contributed by atoms with Crippen molar-refractivity contribution in [1.29, 1.82) is 0 Å². The standard InChI is InChI=1S/C27H20N4O3S2/c1-2-36(33,34)21-14-12-18(13-15-21)25-19(17-30(29-25)20-8-4-3-5-9-20)16-24-26(32)31-23-11-7-6-10-22(23)28-27(31)35-24/h3-17H,2H2,1H3. The van der Waals surface area contributed by atoms with Crippen LogP contribution in [-0.2, 0) is 9.84 Å². The van der Waals surface area contributed by atoms with Gasteiger partial charge in [0.15, 0.2) is 14.8 Å². The van der Waals surface area contributed by atoms with Crippen molar-refractivity contribution in [2.24, 2.45) is 0 Å². The lowest BCUT2D eigenvalue weighted by Crippen LogP contribution is -2.22. The fourth-order valence-electron chi connectivity index (χ4n) is 4.17. The highest BCUT2D eigenvalue weighted by molar-refractivity contribution is 7.91. The summed E-state index contributed by atoms with van der Waals surface area (Å²) >= 11 is 1.33. The van der Waals surface area contributed by atoms with Gasteiger partial charge >= 0.3 is 0 Å². The Morgan fingerprint density at radius 1 is 0.944 bits per heavy atom. The lowest BCUT2D eigenvalue weighted by Gasteiger charge is -2.04. The Morgan fingerprint density at radius 2 is 1.67 bits per heavy atom. The molecule has 7 nitrogen and oxygen atoms in total. The number of benzene rings is 3. The van der Waals surface area contributed by atoms with E-state index in [9.17, 15) is 13.2 Å². The van der Waals surface area contributed by atoms with Crippen LogP contribution in [0.1, 0.15) is 12.5 Å². The molecule has 0 aliphatic heterocycles. The summed E-state index contributed by atoms with van der Waals surface area (Å²) in [5.74, 6) is 0.0369. The molecule has 6 rings (SSSR count). The Balaban J connectivity index is 1.54. The molecule has 178 valence electrons. The number of nitrogens with zero attached hydrogens (tertiary/aromatic N) is 4. The van der Waals surface area contributed by atoms with Gasteiger partial charge in [0.1, 0.15) is 0 Å². The van der Waals surface area contributed by atoms with Crippen LogP contribution < -0.4 is 10.1 Å². The normalized spacial score (nSPS) is 12.6. The first-order chi connectivity index (χ1) is 17.4. The lowest BCUT2D eigenvalue weighted by molar-refractivity contribution is 0.597. The van der Waals surface area contributed by atoms with E-state index in [1.807, 2.05) is 66.9 Å². The molecular weight excluding hydrogens is 492 g/mol. The molecule has 0 spiro atoms. The van der Waals surface area contributed by atoms with E-state index in [1.165, 1.54) is 11.3 Å². The Bertz CT molecular complexity index is 1950. The molecule has 0 fully saturated rings. The second-order valence-electron chi connectivity index (χ2n) is 8.28. The van der Waals surface area contributed by atoms with Gasteiger partial charge in [-0.25, -0.2) is 22.5 Å². The Morgan fingerprint density at radius 3 is 2.42 bits per heavy atom. The summed E-state index contributed by atoms with van der Waals surface area (Å²) in [5, 5.41) is 4.80. The van der Waals surface area contributed by atoms with E-state index < -0.39 is 9.84 Å². The van der Waals surface area contributed by atoms with E-state index in [4.69, 9.17) is 5.10 Å². The number of fused-ring (bicyclic) bond motifs is 3. The predicted octanol–water partition coefficient (Wildman–Crippen LogP) is 4.10. The molecule has 0 amide bonds. The van der Waals surface area contributed by atoms with Gasteiger partial charge in [-0.05, 0) is 42.5 Å². The van der Waals surface area contributed by atoms with Crippen LogP contribution in [0.15, 0.2) is 94.7 Å². The number of para-hydroxylation sites is 3.